The average molecular weight is 393 g/mol. The largest absolute Gasteiger partial charge is 0.368 e. The first kappa shape index (κ1) is 19.4. The highest BCUT2D eigenvalue weighted by Crippen LogP contribution is 2.22. The monoisotopic (exact) mass is 393 g/mol. The normalized spacial score (nSPS) is 20.0. The SMILES string of the molecule is CN1CCN(c2ccc(NC(=O)C3CCCN3C(=O)c3ccccc3)nc2)CC1. The van der Waals surface area contributed by atoms with Crippen LogP contribution in [0.3, 0.4) is 0 Å². The van der Waals surface area contributed by atoms with Gasteiger partial charge in [0.2, 0.25) is 5.91 Å². The van der Waals surface area contributed by atoms with Gasteiger partial charge in [-0.25, -0.2) is 4.98 Å². The molecule has 4 rings (SSSR count). The number of carbonyl (C=O) groups is 2. The summed E-state index contributed by atoms with van der Waals surface area (Å²) in [5, 5.41) is 2.89. The van der Waals surface area contributed by atoms with E-state index in [0.29, 0.717) is 24.3 Å². The molecule has 1 aromatic heterocycles. The van der Waals surface area contributed by atoms with Crippen LogP contribution in [0.4, 0.5) is 11.5 Å². The number of amides is 2. The number of anilines is 2. The number of benzene rings is 1. The van der Waals surface area contributed by atoms with E-state index in [0.717, 1.165) is 38.3 Å². The number of nitrogens with one attached hydrogen (secondary N) is 1. The first-order valence-corrected chi connectivity index (χ1v) is 10.2. The number of likely N-dealkylation sites (N-methyl/N-ethyl adjacent to an activating group) is 1. The van der Waals surface area contributed by atoms with E-state index in [4.69, 9.17) is 0 Å². The van der Waals surface area contributed by atoms with E-state index in [1.807, 2.05) is 36.5 Å². The van der Waals surface area contributed by atoms with E-state index in [9.17, 15) is 9.59 Å². The quantitative estimate of drug-likeness (QED) is 0.861. The van der Waals surface area contributed by atoms with Gasteiger partial charge in [0.15, 0.2) is 0 Å². The fourth-order valence-corrected chi connectivity index (χ4v) is 3.95. The Balaban J connectivity index is 1.39. The first-order chi connectivity index (χ1) is 14.1. The van der Waals surface area contributed by atoms with Gasteiger partial charge in [-0.15, -0.1) is 0 Å². The van der Waals surface area contributed by atoms with Crippen molar-refractivity contribution in [3.05, 3.63) is 54.2 Å². The van der Waals surface area contributed by atoms with Crippen LogP contribution >= 0.6 is 0 Å². The summed E-state index contributed by atoms with van der Waals surface area (Å²) >= 11 is 0. The Kier molecular flexibility index (Phi) is 5.76. The van der Waals surface area contributed by atoms with Crippen molar-refractivity contribution in [3.63, 3.8) is 0 Å². The third-order valence-electron chi connectivity index (χ3n) is 5.70. The highest BCUT2D eigenvalue weighted by Gasteiger charge is 2.34. The number of rotatable bonds is 4. The van der Waals surface area contributed by atoms with Crippen molar-refractivity contribution < 1.29 is 9.59 Å². The maximum absolute atomic E-state index is 12.8. The maximum Gasteiger partial charge on any atom is 0.254 e. The number of piperazine rings is 1. The molecule has 0 spiro atoms. The van der Waals surface area contributed by atoms with Gasteiger partial charge in [-0.05, 0) is 44.2 Å². The molecular weight excluding hydrogens is 366 g/mol. The van der Waals surface area contributed by atoms with Crippen LogP contribution in [0.25, 0.3) is 0 Å². The molecule has 3 heterocycles. The van der Waals surface area contributed by atoms with Gasteiger partial charge < -0.3 is 20.0 Å². The molecule has 0 saturated carbocycles. The van der Waals surface area contributed by atoms with Crippen LogP contribution < -0.4 is 10.2 Å². The minimum atomic E-state index is -0.457. The second-order valence-electron chi connectivity index (χ2n) is 7.70. The van der Waals surface area contributed by atoms with Gasteiger partial charge in [0, 0.05) is 38.3 Å². The lowest BCUT2D eigenvalue weighted by molar-refractivity contribution is -0.119. The number of carbonyl (C=O) groups excluding carboxylic acids is 2. The van der Waals surface area contributed by atoms with E-state index >= 15 is 0 Å². The minimum absolute atomic E-state index is 0.0957. The van der Waals surface area contributed by atoms with Gasteiger partial charge in [-0.3, -0.25) is 9.59 Å². The molecule has 2 aromatic rings. The lowest BCUT2D eigenvalue weighted by Gasteiger charge is -2.33. The number of hydrogen-bond donors (Lipinski definition) is 1. The zero-order valence-corrected chi connectivity index (χ0v) is 16.8. The van der Waals surface area contributed by atoms with Crippen molar-refractivity contribution in [3.8, 4) is 0 Å². The molecule has 1 aromatic carbocycles. The molecule has 7 nitrogen and oxygen atoms in total. The number of hydrogen-bond acceptors (Lipinski definition) is 5. The van der Waals surface area contributed by atoms with E-state index in [2.05, 4.69) is 27.1 Å². The maximum atomic E-state index is 12.8. The first-order valence-electron chi connectivity index (χ1n) is 10.2. The highest BCUT2D eigenvalue weighted by atomic mass is 16.2. The molecule has 2 fully saturated rings. The zero-order valence-electron chi connectivity index (χ0n) is 16.8. The van der Waals surface area contributed by atoms with Crippen molar-refractivity contribution in [1.82, 2.24) is 14.8 Å². The Morgan fingerprint density at radius 3 is 2.45 bits per heavy atom. The van der Waals surface area contributed by atoms with Crippen LogP contribution in [0.15, 0.2) is 48.7 Å². The van der Waals surface area contributed by atoms with Crippen LogP contribution in [-0.2, 0) is 4.79 Å². The Labute approximate surface area is 171 Å². The molecule has 0 aliphatic carbocycles. The topological polar surface area (TPSA) is 68.8 Å². The molecule has 1 unspecified atom stereocenters. The Morgan fingerprint density at radius 2 is 1.76 bits per heavy atom. The standard InChI is InChI=1S/C22H27N5O2/c1-25-12-14-26(15-13-25)18-9-10-20(23-16-18)24-21(28)19-8-5-11-27(19)22(29)17-6-3-2-4-7-17/h2-4,6-7,9-10,16,19H,5,8,11-15H2,1H3,(H,23,24,28). The van der Waals surface area contributed by atoms with Crippen molar-refractivity contribution in [2.75, 3.05) is 50.0 Å². The number of aromatic nitrogens is 1. The van der Waals surface area contributed by atoms with E-state index in [1.165, 1.54) is 0 Å². The van der Waals surface area contributed by atoms with Crippen LogP contribution in [0, 0.1) is 0 Å². The predicted molar refractivity (Wildman–Crippen MR) is 113 cm³/mol. The smallest absolute Gasteiger partial charge is 0.254 e. The summed E-state index contributed by atoms with van der Waals surface area (Å²) < 4.78 is 0. The fourth-order valence-electron chi connectivity index (χ4n) is 3.95. The van der Waals surface area contributed by atoms with Crippen LogP contribution in [0.5, 0.6) is 0 Å². The van der Waals surface area contributed by atoms with Gasteiger partial charge >= 0.3 is 0 Å². The molecule has 152 valence electrons. The molecule has 2 amide bonds. The summed E-state index contributed by atoms with van der Waals surface area (Å²) in [7, 11) is 2.13. The zero-order chi connectivity index (χ0) is 20.2. The minimum Gasteiger partial charge on any atom is -0.368 e. The summed E-state index contributed by atoms with van der Waals surface area (Å²) in [5.74, 6) is 0.250. The second kappa shape index (κ2) is 8.61. The van der Waals surface area contributed by atoms with E-state index < -0.39 is 6.04 Å². The lowest BCUT2D eigenvalue weighted by atomic mass is 10.1. The predicted octanol–water partition coefficient (Wildman–Crippen LogP) is 2.08. The van der Waals surface area contributed by atoms with Crippen LogP contribution in [0.1, 0.15) is 23.2 Å². The Bertz CT molecular complexity index is 847. The molecule has 2 aliphatic heterocycles. The lowest BCUT2D eigenvalue weighted by Crippen LogP contribution is -2.44. The third-order valence-corrected chi connectivity index (χ3v) is 5.70. The molecule has 0 radical (unpaired) electrons. The Hall–Kier alpha value is -2.93. The Morgan fingerprint density at radius 1 is 1.00 bits per heavy atom. The highest BCUT2D eigenvalue weighted by molar-refractivity contribution is 6.01. The molecule has 29 heavy (non-hydrogen) atoms. The summed E-state index contributed by atoms with van der Waals surface area (Å²) in [6, 6.07) is 12.5. The van der Waals surface area contributed by atoms with Crippen LogP contribution in [-0.4, -0.2) is 72.4 Å². The third kappa shape index (κ3) is 4.40. The van der Waals surface area contributed by atoms with Gasteiger partial charge in [-0.2, -0.15) is 0 Å². The molecular formula is C22H27N5O2. The number of nitrogens with zero attached hydrogens (tertiary/aromatic N) is 4. The summed E-state index contributed by atoms with van der Waals surface area (Å²) in [4.78, 5) is 36.3. The molecule has 1 N–H and O–H groups in total. The van der Waals surface area contributed by atoms with Crippen molar-refractivity contribution >= 4 is 23.3 Å². The van der Waals surface area contributed by atoms with Gasteiger partial charge in [-0.1, -0.05) is 18.2 Å². The van der Waals surface area contributed by atoms with E-state index in [-0.39, 0.29) is 11.8 Å². The van der Waals surface area contributed by atoms with Gasteiger partial charge in [0.1, 0.15) is 11.9 Å². The summed E-state index contributed by atoms with van der Waals surface area (Å²) in [5.41, 5.74) is 1.68. The number of likely N-dealkylation sites (tertiary alicyclic amines) is 1. The molecule has 2 aliphatic rings. The van der Waals surface area contributed by atoms with Crippen molar-refractivity contribution in [2.45, 2.75) is 18.9 Å². The summed E-state index contributed by atoms with van der Waals surface area (Å²) in [6.07, 6.45) is 3.30. The second-order valence-corrected chi connectivity index (χ2v) is 7.70. The molecule has 1 atom stereocenters. The fraction of sp³-hybridized carbons (Fsp3) is 0.409. The van der Waals surface area contributed by atoms with E-state index in [1.54, 1.807) is 17.0 Å². The summed E-state index contributed by atoms with van der Waals surface area (Å²) in [6.45, 7) is 4.61. The average Bonchev–Trinajstić information content (AvgIpc) is 3.25. The van der Waals surface area contributed by atoms with Gasteiger partial charge in [0.05, 0.1) is 11.9 Å². The molecule has 7 heteroatoms. The molecule has 2 saturated heterocycles. The molecule has 0 bridgehead atoms. The van der Waals surface area contributed by atoms with Gasteiger partial charge in [0.25, 0.3) is 5.91 Å². The van der Waals surface area contributed by atoms with Crippen molar-refractivity contribution in [2.24, 2.45) is 0 Å². The van der Waals surface area contributed by atoms with Crippen molar-refractivity contribution in [1.29, 1.82) is 0 Å². The van der Waals surface area contributed by atoms with Crippen LogP contribution in [0.2, 0.25) is 0 Å². The number of pyridine rings is 1.